The number of nitrogens with zero attached hydrogens (tertiary/aromatic N) is 1. The normalized spacial score (nSPS) is 16.6. The van der Waals surface area contributed by atoms with Gasteiger partial charge in [0.1, 0.15) is 0 Å². The summed E-state index contributed by atoms with van der Waals surface area (Å²) in [6, 6.07) is -0.159. The van der Waals surface area contributed by atoms with E-state index in [2.05, 4.69) is 5.32 Å². The first-order valence-electron chi connectivity index (χ1n) is 7.90. The van der Waals surface area contributed by atoms with Gasteiger partial charge in [-0.3, -0.25) is 9.59 Å². The van der Waals surface area contributed by atoms with E-state index in [1.54, 1.807) is 0 Å². The van der Waals surface area contributed by atoms with Crippen molar-refractivity contribution in [1.82, 2.24) is 10.2 Å². The molecule has 1 amide bonds. The topological polar surface area (TPSA) is 67.9 Å². The molecule has 21 heavy (non-hydrogen) atoms. The van der Waals surface area contributed by atoms with Crippen LogP contribution in [0.2, 0.25) is 0 Å². The van der Waals surface area contributed by atoms with E-state index < -0.39 is 0 Å². The molecule has 0 aromatic rings. The first kappa shape index (κ1) is 17.9. The van der Waals surface area contributed by atoms with Crippen molar-refractivity contribution in [3.05, 3.63) is 0 Å². The Bertz CT molecular complexity index is 317. The van der Waals surface area contributed by atoms with Crippen LogP contribution in [0.1, 0.15) is 39.5 Å². The lowest BCUT2D eigenvalue weighted by molar-refractivity contribution is -0.143. The highest BCUT2D eigenvalue weighted by Gasteiger charge is 2.21. The number of unbranched alkanes of at least 4 members (excludes halogenated alkanes) is 2. The molecule has 0 saturated carbocycles. The van der Waals surface area contributed by atoms with Gasteiger partial charge >= 0.3 is 5.97 Å². The van der Waals surface area contributed by atoms with Crippen LogP contribution in [-0.2, 0) is 19.1 Å². The Kier molecular flexibility index (Phi) is 9.01. The summed E-state index contributed by atoms with van der Waals surface area (Å²) in [5.74, 6) is 0.0196. The third-order valence-corrected chi connectivity index (χ3v) is 3.51. The lowest BCUT2D eigenvalue weighted by Crippen LogP contribution is -2.49. The average Bonchev–Trinajstić information content (AvgIpc) is 2.51. The SMILES string of the molecule is CCOC(=O)CCCCCNC(C)C(=O)N1CCOCC1. The summed E-state index contributed by atoms with van der Waals surface area (Å²) < 4.78 is 10.1. The predicted molar refractivity (Wildman–Crippen MR) is 80.0 cm³/mol. The Morgan fingerprint density at radius 3 is 2.62 bits per heavy atom. The van der Waals surface area contributed by atoms with E-state index in [4.69, 9.17) is 9.47 Å². The van der Waals surface area contributed by atoms with Crippen LogP contribution in [0.5, 0.6) is 0 Å². The van der Waals surface area contributed by atoms with Gasteiger partial charge in [0, 0.05) is 19.5 Å². The van der Waals surface area contributed by atoms with Crippen molar-refractivity contribution in [1.29, 1.82) is 0 Å². The molecule has 1 heterocycles. The molecule has 1 rings (SSSR count). The van der Waals surface area contributed by atoms with Crippen LogP contribution in [0.4, 0.5) is 0 Å². The maximum Gasteiger partial charge on any atom is 0.305 e. The number of esters is 1. The number of carbonyl (C=O) groups excluding carboxylic acids is 2. The van der Waals surface area contributed by atoms with Gasteiger partial charge in [-0.2, -0.15) is 0 Å². The Hall–Kier alpha value is -1.14. The van der Waals surface area contributed by atoms with Gasteiger partial charge in [0.2, 0.25) is 5.91 Å². The van der Waals surface area contributed by atoms with Crippen LogP contribution in [0, 0.1) is 0 Å². The number of carbonyl (C=O) groups is 2. The summed E-state index contributed by atoms with van der Waals surface area (Å²) in [5.41, 5.74) is 0. The minimum atomic E-state index is -0.159. The average molecular weight is 300 g/mol. The quantitative estimate of drug-likeness (QED) is 0.507. The van der Waals surface area contributed by atoms with Crippen molar-refractivity contribution < 1.29 is 19.1 Å². The molecule has 1 saturated heterocycles. The van der Waals surface area contributed by atoms with Crippen molar-refractivity contribution >= 4 is 11.9 Å². The van der Waals surface area contributed by atoms with Crippen LogP contribution in [0.3, 0.4) is 0 Å². The van der Waals surface area contributed by atoms with Crippen LogP contribution >= 0.6 is 0 Å². The van der Waals surface area contributed by atoms with Crippen LogP contribution in [-0.4, -0.2) is 62.3 Å². The van der Waals surface area contributed by atoms with E-state index in [9.17, 15) is 9.59 Å². The third kappa shape index (κ3) is 7.43. The molecular weight excluding hydrogens is 272 g/mol. The smallest absolute Gasteiger partial charge is 0.305 e. The van der Waals surface area contributed by atoms with Gasteiger partial charge in [0.05, 0.1) is 25.9 Å². The maximum atomic E-state index is 12.1. The second-order valence-electron chi connectivity index (χ2n) is 5.23. The van der Waals surface area contributed by atoms with E-state index >= 15 is 0 Å². The molecular formula is C15H28N2O4. The van der Waals surface area contributed by atoms with Crippen LogP contribution in [0.25, 0.3) is 0 Å². The van der Waals surface area contributed by atoms with E-state index in [0.29, 0.717) is 39.3 Å². The molecule has 0 aliphatic carbocycles. The number of hydrogen-bond donors (Lipinski definition) is 1. The fraction of sp³-hybridized carbons (Fsp3) is 0.867. The van der Waals surface area contributed by atoms with Gasteiger partial charge in [0.25, 0.3) is 0 Å². The predicted octanol–water partition coefficient (Wildman–Crippen LogP) is 0.947. The molecule has 6 heteroatoms. The second-order valence-corrected chi connectivity index (χ2v) is 5.23. The molecule has 0 spiro atoms. The van der Waals surface area contributed by atoms with Gasteiger partial charge < -0.3 is 19.7 Å². The van der Waals surface area contributed by atoms with E-state index in [0.717, 1.165) is 25.8 Å². The highest BCUT2D eigenvalue weighted by molar-refractivity contribution is 5.81. The van der Waals surface area contributed by atoms with E-state index in [1.807, 2.05) is 18.7 Å². The molecule has 0 radical (unpaired) electrons. The maximum absolute atomic E-state index is 12.1. The standard InChI is InChI=1S/C15H28N2O4/c1-3-21-14(18)7-5-4-6-8-16-13(2)15(19)17-9-11-20-12-10-17/h13,16H,3-12H2,1-2H3. The monoisotopic (exact) mass is 300 g/mol. The van der Waals surface area contributed by atoms with Crippen molar-refractivity contribution in [3.63, 3.8) is 0 Å². The highest BCUT2D eigenvalue weighted by Crippen LogP contribution is 2.03. The summed E-state index contributed by atoms with van der Waals surface area (Å²) in [6.45, 7) is 7.58. The first-order valence-corrected chi connectivity index (χ1v) is 7.90. The number of morpholine rings is 1. The molecule has 1 aliphatic rings. The molecule has 1 fully saturated rings. The van der Waals surface area contributed by atoms with Crippen molar-refractivity contribution in [2.75, 3.05) is 39.5 Å². The summed E-state index contributed by atoms with van der Waals surface area (Å²) in [4.78, 5) is 25.1. The Balaban J connectivity index is 2.03. The molecule has 0 aromatic heterocycles. The minimum Gasteiger partial charge on any atom is -0.466 e. The molecule has 0 bridgehead atoms. The molecule has 1 N–H and O–H groups in total. The van der Waals surface area contributed by atoms with Gasteiger partial charge in [-0.05, 0) is 33.2 Å². The Labute approximate surface area is 127 Å². The third-order valence-electron chi connectivity index (χ3n) is 3.51. The zero-order valence-electron chi connectivity index (χ0n) is 13.2. The Morgan fingerprint density at radius 2 is 1.95 bits per heavy atom. The van der Waals surface area contributed by atoms with Gasteiger partial charge in [-0.1, -0.05) is 6.42 Å². The highest BCUT2D eigenvalue weighted by atomic mass is 16.5. The number of ether oxygens (including phenoxy) is 2. The summed E-state index contributed by atoms with van der Waals surface area (Å²) in [7, 11) is 0. The van der Waals surface area contributed by atoms with Crippen LogP contribution in [0.15, 0.2) is 0 Å². The zero-order valence-corrected chi connectivity index (χ0v) is 13.2. The largest absolute Gasteiger partial charge is 0.466 e. The minimum absolute atomic E-state index is 0.124. The fourth-order valence-electron chi connectivity index (χ4n) is 2.27. The second kappa shape index (κ2) is 10.6. The van der Waals surface area contributed by atoms with Crippen LogP contribution < -0.4 is 5.32 Å². The lowest BCUT2D eigenvalue weighted by Gasteiger charge is -2.29. The summed E-state index contributed by atoms with van der Waals surface area (Å²) >= 11 is 0. The van der Waals surface area contributed by atoms with Crippen molar-refractivity contribution in [2.45, 2.75) is 45.6 Å². The molecule has 122 valence electrons. The molecule has 1 unspecified atom stereocenters. The van der Waals surface area contributed by atoms with Gasteiger partial charge in [0.15, 0.2) is 0 Å². The Morgan fingerprint density at radius 1 is 1.24 bits per heavy atom. The number of hydrogen-bond acceptors (Lipinski definition) is 5. The summed E-state index contributed by atoms with van der Waals surface area (Å²) in [6.07, 6.45) is 3.24. The molecule has 6 nitrogen and oxygen atoms in total. The van der Waals surface area contributed by atoms with Crippen molar-refractivity contribution in [3.8, 4) is 0 Å². The number of rotatable bonds is 9. The van der Waals surface area contributed by atoms with Gasteiger partial charge in [-0.15, -0.1) is 0 Å². The number of nitrogens with one attached hydrogen (secondary N) is 1. The van der Waals surface area contributed by atoms with E-state index in [-0.39, 0.29) is 17.9 Å². The first-order chi connectivity index (χ1) is 10.1. The molecule has 1 atom stereocenters. The zero-order chi connectivity index (χ0) is 15.5. The van der Waals surface area contributed by atoms with Crippen molar-refractivity contribution in [2.24, 2.45) is 0 Å². The number of amides is 1. The van der Waals surface area contributed by atoms with E-state index in [1.165, 1.54) is 0 Å². The summed E-state index contributed by atoms with van der Waals surface area (Å²) in [5, 5.41) is 3.24. The fourth-order valence-corrected chi connectivity index (χ4v) is 2.27. The molecule has 1 aliphatic heterocycles. The van der Waals surface area contributed by atoms with Gasteiger partial charge in [-0.25, -0.2) is 0 Å². The molecule has 0 aromatic carbocycles. The lowest BCUT2D eigenvalue weighted by atomic mass is 10.2.